The Balaban J connectivity index is 1.38. The number of piperidine rings is 1. The first-order chi connectivity index (χ1) is 15.9. The van der Waals surface area contributed by atoms with Crippen LogP contribution in [0.15, 0.2) is 23.1 Å². The number of carbonyl (C=O) groups excluding carboxylic acids is 1. The first kappa shape index (κ1) is 24.6. The number of alkyl halides is 3. The zero-order valence-electron chi connectivity index (χ0n) is 18.3. The molecule has 4 rings (SSSR count). The number of amides is 2. The van der Waals surface area contributed by atoms with Gasteiger partial charge in [-0.3, -0.25) is 0 Å². The van der Waals surface area contributed by atoms with Gasteiger partial charge in [-0.15, -0.1) is 10.2 Å². The molecule has 2 aliphatic heterocycles. The Morgan fingerprint density at radius 3 is 2.41 bits per heavy atom. The minimum atomic E-state index is -4.53. The van der Waals surface area contributed by atoms with Crippen molar-refractivity contribution in [2.75, 3.05) is 37.3 Å². The topological polar surface area (TPSA) is 86.7 Å². The lowest BCUT2D eigenvalue weighted by atomic mass is 10.0. The number of sulfone groups is 1. The van der Waals surface area contributed by atoms with Gasteiger partial charge in [0.1, 0.15) is 5.82 Å². The molecular formula is C20H23F4N5O3S2. The molecule has 2 aliphatic rings. The Labute approximate surface area is 198 Å². The summed E-state index contributed by atoms with van der Waals surface area (Å²) in [5.74, 6) is -0.684. The van der Waals surface area contributed by atoms with Gasteiger partial charge in [0.2, 0.25) is 10.1 Å². The van der Waals surface area contributed by atoms with Crippen molar-refractivity contribution in [2.45, 2.75) is 42.9 Å². The standard InChI is InChI=1S/C20H23F4N5O3S2/c1-34(31,32)15-4-3-13(16(21)11-15)12-28-7-2-8-29(19(28)30)14-5-9-27(10-6-14)18-26-25-17(33-18)20(22,23)24/h3-4,11,14H,2,5-10,12H2,1H3. The van der Waals surface area contributed by atoms with Gasteiger partial charge >= 0.3 is 12.2 Å². The van der Waals surface area contributed by atoms with Gasteiger partial charge in [0.25, 0.3) is 0 Å². The summed E-state index contributed by atoms with van der Waals surface area (Å²) in [6.45, 7) is 1.92. The summed E-state index contributed by atoms with van der Waals surface area (Å²) in [5, 5.41) is 6.12. The molecule has 1 aromatic heterocycles. The smallest absolute Gasteiger partial charge is 0.346 e. The second-order valence-corrected chi connectivity index (χ2v) is 11.4. The zero-order chi connectivity index (χ0) is 24.7. The molecule has 3 heterocycles. The molecule has 8 nitrogen and oxygen atoms in total. The van der Waals surface area contributed by atoms with Crippen LogP contribution in [0.25, 0.3) is 0 Å². The molecule has 14 heteroatoms. The van der Waals surface area contributed by atoms with Crippen molar-refractivity contribution in [2.24, 2.45) is 0 Å². The van der Waals surface area contributed by atoms with Gasteiger partial charge in [-0.1, -0.05) is 17.4 Å². The third-order valence-corrected chi connectivity index (χ3v) is 8.13. The average Bonchev–Trinajstić information content (AvgIpc) is 3.27. The largest absolute Gasteiger partial charge is 0.445 e. The van der Waals surface area contributed by atoms with Gasteiger partial charge in [-0.2, -0.15) is 13.2 Å². The van der Waals surface area contributed by atoms with Crippen molar-refractivity contribution >= 4 is 32.3 Å². The number of benzene rings is 1. The molecule has 0 unspecified atom stereocenters. The summed E-state index contributed by atoms with van der Waals surface area (Å²) >= 11 is 0.506. The molecule has 34 heavy (non-hydrogen) atoms. The van der Waals surface area contributed by atoms with E-state index in [9.17, 15) is 30.8 Å². The summed E-state index contributed by atoms with van der Waals surface area (Å²) in [4.78, 5) is 18.0. The predicted octanol–water partition coefficient (Wildman–Crippen LogP) is 3.40. The fraction of sp³-hybridized carbons (Fsp3) is 0.550. The lowest BCUT2D eigenvalue weighted by Crippen LogP contribution is -2.55. The quantitative estimate of drug-likeness (QED) is 0.561. The number of urea groups is 1. The highest BCUT2D eigenvalue weighted by atomic mass is 32.2. The van der Waals surface area contributed by atoms with Crippen LogP contribution in [0.5, 0.6) is 0 Å². The zero-order valence-corrected chi connectivity index (χ0v) is 19.9. The molecule has 2 amide bonds. The summed E-state index contributed by atoms with van der Waals surface area (Å²) in [6.07, 6.45) is -1.70. The van der Waals surface area contributed by atoms with E-state index in [1.165, 1.54) is 17.0 Å². The van der Waals surface area contributed by atoms with Crippen LogP contribution >= 0.6 is 11.3 Å². The van der Waals surface area contributed by atoms with E-state index in [-0.39, 0.29) is 34.2 Å². The van der Waals surface area contributed by atoms with Crippen LogP contribution in [0.1, 0.15) is 29.8 Å². The van der Waals surface area contributed by atoms with Crippen LogP contribution in [-0.2, 0) is 22.6 Å². The van der Waals surface area contributed by atoms with Crippen molar-refractivity contribution < 1.29 is 30.8 Å². The highest BCUT2D eigenvalue weighted by molar-refractivity contribution is 7.90. The Morgan fingerprint density at radius 2 is 1.82 bits per heavy atom. The monoisotopic (exact) mass is 521 g/mol. The fourth-order valence-corrected chi connectivity index (χ4v) is 5.61. The van der Waals surface area contributed by atoms with Crippen LogP contribution in [0, 0.1) is 5.82 Å². The fourth-order valence-electron chi connectivity index (χ4n) is 4.21. The molecule has 0 radical (unpaired) electrons. The predicted molar refractivity (Wildman–Crippen MR) is 117 cm³/mol. The van der Waals surface area contributed by atoms with Crippen molar-refractivity contribution in [3.05, 3.63) is 34.6 Å². The van der Waals surface area contributed by atoms with E-state index in [1.807, 2.05) is 0 Å². The minimum absolute atomic E-state index is 0.0229. The molecule has 0 saturated carbocycles. The first-order valence-electron chi connectivity index (χ1n) is 10.6. The van der Waals surface area contributed by atoms with Crippen LogP contribution < -0.4 is 4.90 Å². The van der Waals surface area contributed by atoms with Gasteiger partial charge in [0.05, 0.1) is 11.4 Å². The van der Waals surface area contributed by atoms with Gasteiger partial charge in [0.15, 0.2) is 9.84 Å². The molecule has 0 bridgehead atoms. The maximum Gasteiger partial charge on any atom is 0.445 e. The Hall–Kier alpha value is -2.48. The maximum absolute atomic E-state index is 14.5. The summed E-state index contributed by atoms with van der Waals surface area (Å²) in [7, 11) is -3.54. The van der Waals surface area contributed by atoms with Gasteiger partial charge in [0, 0.05) is 44.0 Å². The number of anilines is 1. The average molecular weight is 522 g/mol. The van der Waals surface area contributed by atoms with Gasteiger partial charge < -0.3 is 14.7 Å². The van der Waals surface area contributed by atoms with Crippen molar-refractivity contribution in [3.63, 3.8) is 0 Å². The summed E-state index contributed by atoms with van der Waals surface area (Å²) in [5.41, 5.74) is 0.231. The number of nitrogens with zero attached hydrogens (tertiary/aromatic N) is 5. The molecule has 2 fully saturated rings. The van der Waals surface area contributed by atoms with Gasteiger partial charge in [-0.25, -0.2) is 17.6 Å². The van der Waals surface area contributed by atoms with Crippen molar-refractivity contribution in [1.82, 2.24) is 20.0 Å². The van der Waals surface area contributed by atoms with Crippen molar-refractivity contribution in [3.8, 4) is 0 Å². The number of hydrogen-bond acceptors (Lipinski definition) is 7. The highest BCUT2D eigenvalue weighted by Gasteiger charge is 2.38. The third-order valence-electron chi connectivity index (χ3n) is 5.99. The minimum Gasteiger partial charge on any atom is -0.346 e. The summed E-state index contributed by atoms with van der Waals surface area (Å²) in [6, 6.07) is 3.36. The second-order valence-electron chi connectivity index (χ2n) is 8.38. The third kappa shape index (κ3) is 5.27. The molecule has 0 spiro atoms. The molecule has 0 aliphatic carbocycles. The van der Waals surface area contributed by atoms with E-state index in [0.717, 1.165) is 12.3 Å². The number of carbonyl (C=O) groups is 1. The van der Waals surface area contributed by atoms with E-state index in [4.69, 9.17) is 0 Å². The highest BCUT2D eigenvalue weighted by Crippen LogP contribution is 2.35. The molecule has 1 aromatic carbocycles. The van der Waals surface area contributed by atoms with E-state index >= 15 is 0 Å². The molecule has 2 aromatic rings. The molecular weight excluding hydrogens is 498 g/mol. The second kappa shape index (κ2) is 9.29. The van der Waals surface area contributed by atoms with E-state index in [1.54, 1.807) is 9.80 Å². The lowest BCUT2D eigenvalue weighted by Gasteiger charge is -2.43. The van der Waals surface area contributed by atoms with Crippen LogP contribution in [0.4, 0.5) is 27.5 Å². The van der Waals surface area contributed by atoms with Crippen molar-refractivity contribution in [1.29, 1.82) is 0 Å². The molecule has 0 atom stereocenters. The first-order valence-corrected chi connectivity index (χ1v) is 13.3. The Kier molecular flexibility index (Phi) is 6.73. The van der Waals surface area contributed by atoms with Crippen LogP contribution in [0.3, 0.4) is 0 Å². The van der Waals surface area contributed by atoms with E-state index < -0.39 is 26.8 Å². The molecule has 0 N–H and O–H groups in total. The maximum atomic E-state index is 14.5. The molecule has 186 valence electrons. The number of hydrogen-bond donors (Lipinski definition) is 0. The Morgan fingerprint density at radius 1 is 1.12 bits per heavy atom. The SMILES string of the molecule is CS(=O)(=O)c1ccc(CN2CCCN(C3CCN(c4nnc(C(F)(F)F)s4)CC3)C2=O)c(F)c1. The van der Waals surface area contributed by atoms with Crippen LogP contribution in [-0.4, -0.2) is 72.9 Å². The Bertz CT molecular complexity index is 1160. The van der Waals surface area contributed by atoms with Gasteiger partial charge in [-0.05, 0) is 31.4 Å². The molecule has 2 saturated heterocycles. The number of aromatic nitrogens is 2. The van der Waals surface area contributed by atoms with E-state index in [0.29, 0.717) is 56.8 Å². The number of halogens is 4. The van der Waals surface area contributed by atoms with Crippen LogP contribution in [0.2, 0.25) is 0 Å². The number of rotatable bonds is 5. The lowest BCUT2D eigenvalue weighted by molar-refractivity contribution is -0.138. The van der Waals surface area contributed by atoms with E-state index in [2.05, 4.69) is 10.2 Å². The summed E-state index contributed by atoms with van der Waals surface area (Å²) < 4.78 is 76.1. The normalized spacial score (nSPS) is 18.6.